The Labute approximate surface area is 108 Å². The summed E-state index contributed by atoms with van der Waals surface area (Å²) in [5.41, 5.74) is 2.59. The zero-order chi connectivity index (χ0) is 14.0. The first-order valence-corrected chi connectivity index (χ1v) is 5.49. The number of nitrogens with two attached hydrogens (primary N) is 1. The van der Waals surface area contributed by atoms with Crippen LogP contribution in [0, 0.1) is 11.6 Å². The van der Waals surface area contributed by atoms with E-state index in [0.717, 1.165) is 12.1 Å². The zero-order valence-electron chi connectivity index (χ0n) is 9.81. The highest BCUT2D eigenvalue weighted by Gasteiger charge is 2.40. The van der Waals surface area contributed by atoms with E-state index in [1.165, 1.54) is 12.1 Å². The van der Waals surface area contributed by atoms with E-state index < -0.39 is 23.1 Å². The summed E-state index contributed by atoms with van der Waals surface area (Å²) in [5, 5.41) is 10.5. The van der Waals surface area contributed by atoms with E-state index in [1.807, 2.05) is 0 Å². The first-order valence-electron chi connectivity index (χ1n) is 5.49. The summed E-state index contributed by atoms with van der Waals surface area (Å²) >= 11 is 0. The van der Waals surface area contributed by atoms with Gasteiger partial charge in [-0.15, -0.1) is 0 Å². The number of rotatable bonds is 3. The third-order valence-electron chi connectivity index (χ3n) is 2.87. The van der Waals surface area contributed by atoms with Gasteiger partial charge >= 0.3 is 0 Å². The van der Waals surface area contributed by atoms with Gasteiger partial charge in [0.25, 0.3) is 5.91 Å². The Morgan fingerprint density at radius 2 is 1.74 bits per heavy atom. The topological polar surface area (TPSA) is 63.3 Å². The number of benzene rings is 2. The third-order valence-corrected chi connectivity index (χ3v) is 2.87. The van der Waals surface area contributed by atoms with Gasteiger partial charge in [-0.3, -0.25) is 4.79 Å². The minimum atomic E-state index is -2.33. The van der Waals surface area contributed by atoms with Crippen LogP contribution >= 0.6 is 0 Å². The molecule has 1 amide bonds. The number of carbonyl (C=O) groups excluding carboxylic acids is 1. The molecule has 19 heavy (non-hydrogen) atoms. The summed E-state index contributed by atoms with van der Waals surface area (Å²) in [6.07, 6.45) is 0. The molecule has 0 fully saturated rings. The lowest BCUT2D eigenvalue weighted by molar-refractivity contribution is -0.133. The maximum atomic E-state index is 13.8. The second-order valence-electron chi connectivity index (χ2n) is 4.06. The lowest BCUT2D eigenvalue weighted by Crippen LogP contribution is -2.42. The molecule has 0 radical (unpaired) electrons. The first kappa shape index (κ1) is 13.2. The number of primary amides is 1. The number of amides is 1. The second-order valence-corrected chi connectivity index (χ2v) is 4.06. The monoisotopic (exact) mass is 263 g/mol. The number of hydrogen-bond acceptors (Lipinski definition) is 2. The highest BCUT2D eigenvalue weighted by atomic mass is 19.1. The first-order chi connectivity index (χ1) is 8.96. The fourth-order valence-electron chi connectivity index (χ4n) is 1.89. The minimum absolute atomic E-state index is 0.119. The molecule has 0 aliphatic rings. The Morgan fingerprint density at radius 1 is 1.11 bits per heavy atom. The van der Waals surface area contributed by atoms with Gasteiger partial charge in [0, 0.05) is 11.6 Å². The average molecular weight is 263 g/mol. The number of hydrogen-bond donors (Lipinski definition) is 2. The largest absolute Gasteiger partial charge is 0.372 e. The summed E-state index contributed by atoms with van der Waals surface area (Å²) < 4.78 is 26.7. The molecule has 0 aliphatic heterocycles. The molecule has 0 saturated carbocycles. The fraction of sp³-hybridized carbons (Fsp3) is 0.0714. The highest BCUT2D eigenvalue weighted by molar-refractivity contribution is 5.88. The van der Waals surface area contributed by atoms with Crippen LogP contribution in [0.2, 0.25) is 0 Å². The van der Waals surface area contributed by atoms with Crippen molar-refractivity contribution in [3.63, 3.8) is 0 Å². The molecule has 2 aromatic carbocycles. The van der Waals surface area contributed by atoms with Crippen molar-refractivity contribution in [3.05, 3.63) is 71.3 Å². The lowest BCUT2D eigenvalue weighted by Gasteiger charge is -2.26. The second kappa shape index (κ2) is 4.78. The van der Waals surface area contributed by atoms with Gasteiger partial charge in [0.1, 0.15) is 11.6 Å². The molecule has 5 heteroatoms. The van der Waals surface area contributed by atoms with Crippen LogP contribution in [0.3, 0.4) is 0 Å². The smallest absolute Gasteiger partial charge is 0.258 e. The van der Waals surface area contributed by atoms with E-state index in [-0.39, 0.29) is 11.1 Å². The van der Waals surface area contributed by atoms with E-state index >= 15 is 0 Å². The molecule has 0 saturated heterocycles. The molecule has 2 aromatic rings. The van der Waals surface area contributed by atoms with E-state index in [9.17, 15) is 18.7 Å². The molecular weight excluding hydrogens is 252 g/mol. The summed E-state index contributed by atoms with van der Waals surface area (Å²) in [6, 6.07) is 10.2. The predicted molar refractivity (Wildman–Crippen MR) is 65.0 cm³/mol. The summed E-state index contributed by atoms with van der Waals surface area (Å²) in [7, 11) is 0. The number of aliphatic hydroxyl groups is 1. The van der Waals surface area contributed by atoms with Gasteiger partial charge in [-0.05, 0) is 17.7 Å². The molecule has 0 heterocycles. The fourth-order valence-corrected chi connectivity index (χ4v) is 1.89. The van der Waals surface area contributed by atoms with Crippen molar-refractivity contribution in [1.82, 2.24) is 0 Å². The Morgan fingerprint density at radius 3 is 2.26 bits per heavy atom. The molecule has 98 valence electrons. The van der Waals surface area contributed by atoms with E-state index in [1.54, 1.807) is 18.2 Å². The average Bonchev–Trinajstić information content (AvgIpc) is 2.38. The Hall–Kier alpha value is -2.27. The molecule has 0 spiro atoms. The number of carbonyl (C=O) groups is 1. The standard InChI is InChI=1S/C14H11F2NO2/c15-10-6-7-11(12(16)8-10)14(19,13(17)18)9-4-2-1-3-5-9/h1-8,19H,(H2,17,18). The van der Waals surface area contributed by atoms with Crippen molar-refractivity contribution in [2.24, 2.45) is 5.73 Å². The van der Waals surface area contributed by atoms with Crippen molar-refractivity contribution in [3.8, 4) is 0 Å². The van der Waals surface area contributed by atoms with Crippen LogP contribution in [-0.4, -0.2) is 11.0 Å². The van der Waals surface area contributed by atoms with Gasteiger partial charge in [0.15, 0.2) is 5.60 Å². The van der Waals surface area contributed by atoms with Crippen LogP contribution in [0.25, 0.3) is 0 Å². The van der Waals surface area contributed by atoms with Gasteiger partial charge in [-0.2, -0.15) is 0 Å². The Bertz CT molecular complexity index is 616. The molecule has 1 atom stereocenters. The van der Waals surface area contributed by atoms with Crippen LogP contribution in [0.15, 0.2) is 48.5 Å². The van der Waals surface area contributed by atoms with Crippen molar-refractivity contribution >= 4 is 5.91 Å². The van der Waals surface area contributed by atoms with Gasteiger partial charge in [-0.1, -0.05) is 30.3 Å². The van der Waals surface area contributed by atoms with E-state index in [0.29, 0.717) is 6.07 Å². The van der Waals surface area contributed by atoms with Gasteiger partial charge in [-0.25, -0.2) is 8.78 Å². The normalized spacial score (nSPS) is 13.8. The summed E-state index contributed by atoms with van der Waals surface area (Å²) in [5.74, 6) is -2.98. The molecule has 0 bridgehead atoms. The summed E-state index contributed by atoms with van der Waals surface area (Å²) in [4.78, 5) is 11.6. The van der Waals surface area contributed by atoms with Crippen LogP contribution in [-0.2, 0) is 10.4 Å². The van der Waals surface area contributed by atoms with Crippen molar-refractivity contribution in [2.75, 3.05) is 0 Å². The molecule has 1 unspecified atom stereocenters. The van der Waals surface area contributed by atoms with Gasteiger partial charge in [0.2, 0.25) is 0 Å². The lowest BCUT2D eigenvalue weighted by atomic mass is 9.85. The molecular formula is C14H11F2NO2. The van der Waals surface area contributed by atoms with Crippen molar-refractivity contribution in [1.29, 1.82) is 0 Å². The maximum Gasteiger partial charge on any atom is 0.258 e. The minimum Gasteiger partial charge on any atom is -0.372 e. The predicted octanol–water partition coefficient (Wildman–Crippen LogP) is 1.69. The molecule has 3 nitrogen and oxygen atoms in total. The quantitative estimate of drug-likeness (QED) is 0.885. The van der Waals surface area contributed by atoms with Crippen LogP contribution in [0.1, 0.15) is 11.1 Å². The summed E-state index contributed by atoms with van der Waals surface area (Å²) in [6.45, 7) is 0. The van der Waals surface area contributed by atoms with Crippen LogP contribution in [0.4, 0.5) is 8.78 Å². The number of halogens is 2. The van der Waals surface area contributed by atoms with E-state index in [4.69, 9.17) is 5.73 Å². The highest BCUT2D eigenvalue weighted by Crippen LogP contribution is 2.31. The van der Waals surface area contributed by atoms with E-state index in [2.05, 4.69) is 0 Å². The van der Waals surface area contributed by atoms with Crippen molar-refractivity contribution in [2.45, 2.75) is 5.60 Å². The van der Waals surface area contributed by atoms with Crippen LogP contribution in [0.5, 0.6) is 0 Å². The third kappa shape index (κ3) is 2.20. The molecule has 3 N–H and O–H groups in total. The Kier molecular flexibility index (Phi) is 3.31. The maximum absolute atomic E-state index is 13.8. The van der Waals surface area contributed by atoms with Crippen LogP contribution < -0.4 is 5.73 Å². The van der Waals surface area contributed by atoms with Gasteiger partial charge < -0.3 is 10.8 Å². The van der Waals surface area contributed by atoms with Crippen molar-refractivity contribution < 1.29 is 18.7 Å². The molecule has 0 aliphatic carbocycles. The molecule has 0 aromatic heterocycles. The Balaban J connectivity index is 2.67. The zero-order valence-corrected chi connectivity index (χ0v) is 9.81. The molecule has 2 rings (SSSR count). The van der Waals surface area contributed by atoms with Gasteiger partial charge in [0.05, 0.1) is 0 Å². The SMILES string of the molecule is NC(=O)C(O)(c1ccccc1)c1ccc(F)cc1F.